The highest BCUT2D eigenvalue weighted by atomic mass is 16.3. The van der Waals surface area contributed by atoms with Crippen LogP contribution in [0.4, 0.5) is 17.1 Å². The second kappa shape index (κ2) is 13.4. The predicted molar refractivity (Wildman–Crippen MR) is 237 cm³/mol. The van der Waals surface area contributed by atoms with Gasteiger partial charge in [-0.15, -0.1) is 0 Å². The average molecular weight is 728 g/mol. The van der Waals surface area contributed by atoms with Crippen LogP contribution in [0.1, 0.15) is 22.3 Å². The summed E-state index contributed by atoms with van der Waals surface area (Å²) >= 11 is 0. The zero-order valence-electron chi connectivity index (χ0n) is 31.2. The Bertz CT molecular complexity index is 2990. The molecule has 2 nitrogen and oxygen atoms in total. The lowest BCUT2D eigenvalue weighted by atomic mass is 9.67. The Morgan fingerprint density at radius 3 is 1.39 bits per heavy atom. The van der Waals surface area contributed by atoms with Crippen LogP contribution in [-0.4, -0.2) is 0 Å². The highest BCUT2D eigenvalue weighted by Crippen LogP contribution is 2.58. The van der Waals surface area contributed by atoms with Crippen molar-refractivity contribution in [1.82, 2.24) is 0 Å². The van der Waals surface area contributed by atoms with Crippen LogP contribution >= 0.6 is 0 Å². The molecule has 10 aromatic rings. The second-order valence-corrected chi connectivity index (χ2v) is 14.8. The zero-order valence-corrected chi connectivity index (χ0v) is 31.2. The fourth-order valence-electron chi connectivity index (χ4n) is 9.21. The number of benzene rings is 9. The monoisotopic (exact) mass is 727 g/mol. The fourth-order valence-corrected chi connectivity index (χ4v) is 9.21. The number of furan rings is 1. The third-order valence-electron chi connectivity index (χ3n) is 11.8. The van der Waals surface area contributed by atoms with Crippen LogP contribution in [0.15, 0.2) is 229 Å². The lowest BCUT2D eigenvalue weighted by Gasteiger charge is -2.34. The minimum absolute atomic E-state index is 0.603. The molecule has 0 N–H and O–H groups in total. The van der Waals surface area contributed by atoms with Crippen molar-refractivity contribution in [2.45, 2.75) is 5.41 Å². The van der Waals surface area contributed by atoms with Gasteiger partial charge in [0.25, 0.3) is 0 Å². The molecular weight excluding hydrogens is 691 g/mol. The summed E-state index contributed by atoms with van der Waals surface area (Å²) in [5.74, 6) is 0. The summed E-state index contributed by atoms with van der Waals surface area (Å²) in [6, 6.07) is 81.0. The van der Waals surface area contributed by atoms with Crippen molar-refractivity contribution >= 4 is 39.0 Å². The van der Waals surface area contributed by atoms with Crippen molar-refractivity contribution in [3.63, 3.8) is 0 Å². The van der Waals surface area contributed by atoms with Gasteiger partial charge in [0.1, 0.15) is 11.2 Å². The maximum absolute atomic E-state index is 6.81. The molecule has 0 unspecified atom stereocenters. The molecule has 0 fully saturated rings. The minimum atomic E-state index is -0.603. The van der Waals surface area contributed by atoms with Gasteiger partial charge in [-0.25, -0.2) is 0 Å². The maximum atomic E-state index is 6.81. The Morgan fingerprint density at radius 1 is 0.316 bits per heavy atom. The number of para-hydroxylation sites is 3. The molecule has 2 heteroatoms. The number of anilines is 3. The topological polar surface area (TPSA) is 16.4 Å². The normalized spacial score (nSPS) is 12.7. The van der Waals surface area contributed by atoms with Gasteiger partial charge in [0.05, 0.1) is 5.41 Å². The van der Waals surface area contributed by atoms with E-state index in [9.17, 15) is 0 Å². The van der Waals surface area contributed by atoms with Gasteiger partial charge in [-0.2, -0.15) is 0 Å². The van der Waals surface area contributed by atoms with Crippen molar-refractivity contribution in [1.29, 1.82) is 0 Å². The molecule has 0 saturated carbocycles. The second-order valence-electron chi connectivity index (χ2n) is 14.8. The molecule has 0 spiro atoms. The van der Waals surface area contributed by atoms with Crippen LogP contribution in [0.3, 0.4) is 0 Å². The number of nitrogens with zero attached hydrogens (tertiary/aromatic N) is 1. The summed E-state index contributed by atoms with van der Waals surface area (Å²) in [5, 5.41) is 2.26. The largest absolute Gasteiger partial charge is 0.456 e. The molecule has 268 valence electrons. The number of hydrogen-bond acceptors (Lipinski definition) is 2. The molecule has 0 bridgehead atoms. The highest BCUT2D eigenvalue weighted by molar-refractivity contribution is 6.07. The van der Waals surface area contributed by atoms with Crippen LogP contribution in [0.25, 0.3) is 55.3 Å². The van der Waals surface area contributed by atoms with E-state index in [1.54, 1.807) is 0 Å². The van der Waals surface area contributed by atoms with Crippen molar-refractivity contribution in [2.75, 3.05) is 4.90 Å². The summed E-state index contributed by atoms with van der Waals surface area (Å²) in [6.07, 6.45) is 0. The van der Waals surface area contributed by atoms with Crippen molar-refractivity contribution in [3.05, 3.63) is 247 Å². The third-order valence-corrected chi connectivity index (χ3v) is 11.8. The molecule has 1 aromatic heterocycles. The van der Waals surface area contributed by atoms with E-state index in [1.165, 1.54) is 50.1 Å². The van der Waals surface area contributed by atoms with E-state index < -0.39 is 5.41 Å². The van der Waals surface area contributed by atoms with Gasteiger partial charge in [0.15, 0.2) is 0 Å². The standard InChI is InChI=1S/C55H37NO/c1-3-14-38(15-4-1)39-26-28-40(29-27-39)41-30-34-44(35-31-41)56(43-16-5-2-6-17-43)45-36-32-42(33-37-45)55(50-22-10-7-18-46(50)47-19-8-11-23-51(47)55)52-24-13-21-49-48-20-9-12-25-53(48)57-54(49)52/h1-37H. The summed E-state index contributed by atoms with van der Waals surface area (Å²) in [5.41, 5.74) is 16.7. The van der Waals surface area contributed by atoms with E-state index in [2.05, 4.69) is 223 Å². The van der Waals surface area contributed by atoms with Crippen molar-refractivity contribution in [2.24, 2.45) is 0 Å². The molecule has 1 aliphatic rings. The van der Waals surface area contributed by atoms with E-state index in [0.717, 1.165) is 44.6 Å². The van der Waals surface area contributed by atoms with Gasteiger partial charge >= 0.3 is 0 Å². The number of fused-ring (bicyclic) bond motifs is 6. The smallest absolute Gasteiger partial charge is 0.140 e. The highest BCUT2D eigenvalue weighted by Gasteiger charge is 2.47. The first kappa shape index (κ1) is 33.0. The van der Waals surface area contributed by atoms with Gasteiger partial charge in [0.2, 0.25) is 0 Å². The maximum Gasteiger partial charge on any atom is 0.140 e. The lowest BCUT2D eigenvalue weighted by Crippen LogP contribution is -2.28. The SMILES string of the molecule is c1ccc(-c2ccc(-c3ccc(N(c4ccccc4)c4ccc(C5(c6cccc7c6oc6ccccc67)c6ccccc6-c6ccccc65)cc4)cc3)cc2)cc1. The molecular formula is C55H37NO. The number of rotatable bonds is 7. The molecule has 1 heterocycles. The van der Waals surface area contributed by atoms with E-state index in [1.807, 2.05) is 6.07 Å². The van der Waals surface area contributed by atoms with Gasteiger partial charge in [0, 0.05) is 33.4 Å². The Morgan fingerprint density at radius 2 is 0.754 bits per heavy atom. The van der Waals surface area contributed by atoms with Crippen molar-refractivity contribution < 1.29 is 4.42 Å². The molecule has 0 saturated heterocycles. The van der Waals surface area contributed by atoms with Crippen molar-refractivity contribution in [3.8, 4) is 33.4 Å². The quantitative estimate of drug-likeness (QED) is 0.163. The van der Waals surface area contributed by atoms with E-state index >= 15 is 0 Å². The molecule has 1 aliphatic carbocycles. The Balaban J connectivity index is 1.04. The van der Waals surface area contributed by atoms with Crippen LogP contribution in [0.5, 0.6) is 0 Å². The first-order chi connectivity index (χ1) is 28.3. The first-order valence-electron chi connectivity index (χ1n) is 19.6. The summed E-state index contributed by atoms with van der Waals surface area (Å²) in [4.78, 5) is 2.34. The average Bonchev–Trinajstić information content (AvgIpc) is 3.82. The minimum Gasteiger partial charge on any atom is -0.456 e. The van der Waals surface area contributed by atoms with Crippen LogP contribution < -0.4 is 4.90 Å². The van der Waals surface area contributed by atoms with Gasteiger partial charge in [-0.05, 0) is 92.5 Å². The summed E-state index contributed by atoms with van der Waals surface area (Å²) < 4.78 is 6.81. The molecule has 0 radical (unpaired) electrons. The van der Waals surface area contributed by atoms with Crippen LogP contribution in [0.2, 0.25) is 0 Å². The van der Waals surface area contributed by atoms with Gasteiger partial charge in [-0.3, -0.25) is 0 Å². The third kappa shape index (κ3) is 5.26. The summed E-state index contributed by atoms with van der Waals surface area (Å²) in [7, 11) is 0. The molecule has 11 rings (SSSR count). The fraction of sp³-hybridized carbons (Fsp3) is 0.0182. The molecule has 57 heavy (non-hydrogen) atoms. The Labute approximate surface area is 332 Å². The van der Waals surface area contributed by atoms with E-state index in [0.29, 0.717) is 0 Å². The molecule has 0 atom stereocenters. The lowest BCUT2D eigenvalue weighted by molar-refractivity contribution is 0.648. The van der Waals surface area contributed by atoms with Crippen LogP contribution in [-0.2, 0) is 5.41 Å². The van der Waals surface area contributed by atoms with Gasteiger partial charge < -0.3 is 9.32 Å². The Hall–Kier alpha value is -7.42. The van der Waals surface area contributed by atoms with Crippen LogP contribution in [0, 0.1) is 0 Å². The number of hydrogen-bond donors (Lipinski definition) is 0. The first-order valence-corrected chi connectivity index (χ1v) is 19.6. The zero-order chi connectivity index (χ0) is 37.8. The molecule has 0 amide bonds. The molecule has 9 aromatic carbocycles. The van der Waals surface area contributed by atoms with E-state index in [4.69, 9.17) is 4.42 Å². The molecule has 0 aliphatic heterocycles. The van der Waals surface area contributed by atoms with E-state index in [-0.39, 0.29) is 0 Å². The predicted octanol–water partition coefficient (Wildman–Crippen LogP) is 14.8. The van der Waals surface area contributed by atoms with Gasteiger partial charge in [-0.1, -0.05) is 182 Å². The summed E-state index contributed by atoms with van der Waals surface area (Å²) in [6.45, 7) is 0. The Kier molecular flexibility index (Phi) is 7.75.